The van der Waals surface area contributed by atoms with Gasteiger partial charge in [0.1, 0.15) is 6.04 Å². The quantitative estimate of drug-likeness (QED) is 0.756. The van der Waals surface area contributed by atoms with Gasteiger partial charge in [0.2, 0.25) is 5.91 Å². The second-order valence-electron chi connectivity index (χ2n) is 6.59. The number of nitrogens with one attached hydrogen (secondary N) is 3. The molecule has 132 valence electrons. The zero-order valence-corrected chi connectivity index (χ0v) is 14.7. The highest BCUT2D eigenvalue weighted by molar-refractivity contribution is 5.95. The molecule has 5 heteroatoms. The summed E-state index contributed by atoms with van der Waals surface area (Å²) in [6, 6.07) is 17.8. The minimum absolute atomic E-state index is 0.0344. The Morgan fingerprint density at radius 3 is 2.72 bits per heavy atom. The molecule has 2 atom stereocenters. The third-order valence-electron chi connectivity index (χ3n) is 4.20. The number of carbonyl (C=O) groups is 1. The molecule has 2 unspecified atom stereocenters. The first-order valence-electron chi connectivity index (χ1n) is 8.69. The largest absolute Gasteiger partial charge is 0.374 e. The lowest BCUT2D eigenvalue weighted by Gasteiger charge is -2.12. The molecule has 25 heavy (non-hydrogen) atoms. The summed E-state index contributed by atoms with van der Waals surface area (Å²) in [7, 11) is 0. The Balaban J connectivity index is 1.57. The lowest BCUT2D eigenvalue weighted by Crippen LogP contribution is -2.39. The van der Waals surface area contributed by atoms with E-state index in [0.717, 1.165) is 11.3 Å². The van der Waals surface area contributed by atoms with Crippen LogP contribution in [-0.4, -0.2) is 18.1 Å². The number of hydrazine groups is 1. The van der Waals surface area contributed by atoms with Gasteiger partial charge in [0, 0.05) is 11.7 Å². The molecule has 1 aliphatic rings. The molecule has 2 aromatic carbocycles. The van der Waals surface area contributed by atoms with Crippen LogP contribution in [0.1, 0.15) is 37.4 Å². The molecule has 1 aliphatic heterocycles. The fourth-order valence-corrected chi connectivity index (χ4v) is 2.86. The molecule has 1 fully saturated rings. The normalized spacial score (nSPS) is 20.0. The fourth-order valence-electron chi connectivity index (χ4n) is 2.86. The highest BCUT2D eigenvalue weighted by Crippen LogP contribution is 2.22. The van der Waals surface area contributed by atoms with Crippen LogP contribution in [-0.2, 0) is 16.1 Å². The first kappa shape index (κ1) is 17.6. The number of hydrogen-bond donors (Lipinski definition) is 3. The standard InChI is InChI=1S/C20H25N3O2/c1-14(2)25-13-15-7-6-10-17(11-15)21-20(24)19-12-18(22-23-19)16-8-4-3-5-9-16/h3-11,14,18-19,22-23H,12-13H2,1-2H3,(H,21,24). The molecule has 0 radical (unpaired) electrons. The third kappa shape index (κ3) is 4.89. The summed E-state index contributed by atoms with van der Waals surface area (Å²) in [4.78, 5) is 12.5. The summed E-state index contributed by atoms with van der Waals surface area (Å²) < 4.78 is 5.62. The molecule has 3 N–H and O–H groups in total. The summed E-state index contributed by atoms with van der Waals surface area (Å²) in [5.74, 6) is -0.0344. The van der Waals surface area contributed by atoms with Gasteiger partial charge in [-0.25, -0.2) is 10.9 Å². The van der Waals surface area contributed by atoms with Crippen LogP contribution in [0.3, 0.4) is 0 Å². The third-order valence-corrected chi connectivity index (χ3v) is 4.20. The lowest BCUT2D eigenvalue weighted by atomic mass is 10.0. The monoisotopic (exact) mass is 339 g/mol. The van der Waals surface area contributed by atoms with Gasteiger partial charge < -0.3 is 10.1 Å². The van der Waals surface area contributed by atoms with Crippen molar-refractivity contribution >= 4 is 11.6 Å². The first-order valence-corrected chi connectivity index (χ1v) is 8.69. The molecular formula is C20H25N3O2. The molecule has 0 aromatic heterocycles. The topological polar surface area (TPSA) is 62.4 Å². The van der Waals surface area contributed by atoms with E-state index in [2.05, 4.69) is 28.3 Å². The van der Waals surface area contributed by atoms with Crippen LogP contribution >= 0.6 is 0 Å². The molecule has 2 aromatic rings. The van der Waals surface area contributed by atoms with Gasteiger partial charge in [0.15, 0.2) is 0 Å². The average molecular weight is 339 g/mol. The summed E-state index contributed by atoms with van der Waals surface area (Å²) in [5.41, 5.74) is 9.31. The molecule has 3 rings (SSSR count). The Labute approximate surface area is 148 Å². The van der Waals surface area contributed by atoms with Crippen LogP contribution in [0.5, 0.6) is 0 Å². The van der Waals surface area contributed by atoms with Gasteiger partial charge in [-0.3, -0.25) is 4.79 Å². The van der Waals surface area contributed by atoms with Gasteiger partial charge >= 0.3 is 0 Å². The number of carbonyl (C=O) groups excluding carboxylic acids is 1. The minimum atomic E-state index is -0.263. The van der Waals surface area contributed by atoms with Crippen molar-refractivity contribution in [3.8, 4) is 0 Å². The minimum Gasteiger partial charge on any atom is -0.374 e. The second kappa shape index (κ2) is 8.25. The van der Waals surface area contributed by atoms with E-state index >= 15 is 0 Å². The van der Waals surface area contributed by atoms with E-state index in [4.69, 9.17) is 4.74 Å². The van der Waals surface area contributed by atoms with Crippen LogP contribution in [0.2, 0.25) is 0 Å². The summed E-state index contributed by atoms with van der Waals surface area (Å²) >= 11 is 0. The van der Waals surface area contributed by atoms with E-state index in [1.807, 2.05) is 56.3 Å². The van der Waals surface area contributed by atoms with E-state index in [0.29, 0.717) is 13.0 Å². The summed E-state index contributed by atoms with van der Waals surface area (Å²) in [5, 5.41) is 2.99. The Morgan fingerprint density at radius 2 is 1.96 bits per heavy atom. The number of amides is 1. The predicted molar refractivity (Wildman–Crippen MR) is 98.9 cm³/mol. The van der Waals surface area contributed by atoms with Crippen molar-refractivity contribution in [3.05, 3.63) is 65.7 Å². The first-order chi connectivity index (χ1) is 12.1. The fraction of sp³-hybridized carbons (Fsp3) is 0.350. The number of hydrogen-bond acceptors (Lipinski definition) is 4. The van der Waals surface area contributed by atoms with Crippen molar-refractivity contribution in [2.45, 2.75) is 45.1 Å². The number of anilines is 1. The van der Waals surface area contributed by atoms with Crippen molar-refractivity contribution in [2.75, 3.05) is 5.32 Å². The molecule has 1 amide bonds. The van der Waals surface area contributed by atoms with Gasteiger partial charge in [-0.05, 0) is 43.5 Å². The predicted octanol–water partition coefficient (Wildman–Crippen LogP) is 3.16. The molecule has 1 saturated heterocycles. The van der Waals surface area contributed by atoms with E-state index in [1.165, 1.54) is 5.56 Å². The highest BCUT2D eigenvalue weighted by Gasteiger charge is 2.30. The average Bonchev–Trinajstić information content (AvgIpc) is 3.11. The maximum atomic E-state index is 12.5. The SMILES string of the molecule is CC(C)OCc1cccc(NC(=O)C2CC(c3ccccc3)NN2)c1. The van der Waals surface area contributed by atoms with Crippen molar-refractivity contribution in [2.24, 2.45) is 0 Å². The lowest BCUT2D eigenvalue weighted by molar-refractivity contribution is -0.117. The van der Waals surface area contributed by atoms with E-state index in [9.17, 15) is 4.79 Å². The van der Waals surface area contributed by atoms with Crippen LogP contribution in [0.15, 0.2) is 54.6 Å². The van der Waals surface area contributed by atoms with Crippen molar-refractivity contribution in [1.29, 1.82) is 0 Å². The molecule has 1 heterocycles. The number of rotatable bonds is 6. The Bertz CT molecular complexity index is 703. The van der Waals surface area contributed by atoms with Crippen LogP contribution < -0.4 is 16.2 Å². The smallest absolute Gasteiger partial charge is 0.242 e. The van der Waals surface area contributed by atoms with Gasteiger partial charge in [0.25, 0.3) is 0 Å². The summed E-state index contributed by atoms with van der Waals surface area (Å²) in [6.07, 6.45) is 0.897. The zero-order chi connectivity index (χ0) is 17.6. The molecular weight excluding hydrogens is 314 g/mol. The molecule has 0 bridgehead atoms. The molecule has 0 saturated carbocycles. The van der Waals surface area contributed by atoms with E-state index in [-0.39, 0.29) is 24.1 Å². The van der Waals surface area contributed by atoms with Crippen LogP contribution in [0.25, 0.3) is 0 Å². The molecule has 0 aliphatic carbocycles. The maximum absolute atomic E-state index is 12.5. The second-order valence-corrected chi connectivity index (χ2v) is 6.59. The van der Waals surface area contributed by atoms with Crippen molar-refractivity contribution in [1.82, 2.24) is 10.9 Å². The van der Waals surface area contributed by atoms with Crippen molar-refractivity contribution < 1.29 is 9.53 Å². The zero-order valence-electron chi connectivity index (χ0n) is 14.7. The summed E-state index contributed by atoms with van der Waals surface area (Å²) in [6.45, 7) is 4.56. The Kier molecular flexibility index (Phi) is 5.81. The van der Waals surface area contributed by atoms with Gasteiger partial charge in [-0.2, -0.15) is 0 Å². The maximum Gasteiger partial charge on any atom is 0.242 e. The Hall–Kier alpha value is -2.21. The van der Waals surface area contributed by atoms with Gasteiger partial charge in [0.05, 0.1) is 12.7 Å². The van der Waals surface area contributed by atoms with Crippen LogP contribution in [0, 0.1) is 0 Å². The van der Waals surface area contributed by atoms with Crippen molar-refractivity contribution in [3.63, 3.8) is 0 Å². The highest BCUT2D eigenvalue weighted by atomic mass is 16.5. The molecule has 0 spiro atoms. The van der Waals surface area contributed by atoms with Crippen LogP contribution in [0.4, 0.5) is 5.69 Å². The van der Waals surface area contributed by atoms with Gasteiger partial charge in [-0.1, -0.05) is 42.5 Å². The van der Waals surface area contributed by atoms with E-state index in [1.54, 1.807) is 0 Å². The number of ether oxygens (including phenoxy) is 1. The molecule has 5 nitrogen and oxygen atoms in total. The Morgan fingerprint density at radius 1 is 1.16 bits per heavy atom. The van der Waals surface area contributed by atoms with Gasteiger partial charge in [-0.15, -0.1) is 0 Å². The van der Waals surface area contributed by atoms with E-state index < -0.39 is 0 Å². The number of benzene rings is 2.